The van der Waals surface area contributed by atoms with Crippen molar-refractivity contribution >= 4 is 11.8 Å². The zero-order valence-corrected chi connectivity index (χ0v) is 9.97. The van der Waals surface area contributed by atoms with Gasteiger partial charge in [0.2, 0.25) is 0 Å². The first-order valence-electron chi connectivity index (χ1n) is 5.76. The first-order valence-corrected chi connectivity index (χ1v) is 6.92. The summed E-state index contributed by atoms with van der Waals surface area (Å²) in [6.07, 6.45) is 5.52. The molecule has 3 heteroatoms. The second-order valence-corrected chi connectivity index (χ2v) is 5.78. The van der Waals surface area contributed by atoms with Gasteiger partial charge in [0.05, 0.1) is 11.7 Å². The zero-order valence-electron chi connectivity index (χ0n) is 9.15. The highest BCUT2D eigenvalue weighted by molar-refractivity contribution is 7.99. The quantitative estimate of drug-likeness (QED) is 0.751. The summed E-state index contributed by atoms with van der Waals surface area (Å²) in [4.78, 5) is 0. The lowest BCUT2D eigenvalue weighted by molar-refractivity contribution is -0.100. The van der Waals surface area contributed by atoms with Crippen LogP contribution in [0, 0.1) is 5.92 Å². The first kappa shape index (κ1) is 11.5. The summed E-state index contributed by atoms with van der Waals surface area (Å²) in [7, 11) is 0. The third kappa shape index (κ3) is 2.58. The van der Waals surface area contributed by atoms with Gasteiger partial charge in [-0.05, 0) is 37.4 Å². The maximum absolute atomic E-state index is 9.98. The van der Waals surface area contributed by atoms with E-state index in [1.165, 1.54) is 5.75 Å². The molecule has 0 aliphatic carbocycles. The molecule has 0 amide bonds. The summed E-state index contributed by atoms with van der Waals surface area (Å²) < 4.78 is 5.93. The molecule has 0 radical (unpaired) electrons. The highest BCUT2D eigenvalue weighted by Gasteiger charge is 2.41. The molecule has 1 N–H and O–H groups in total. The van der Waals surface area contributed by atoms with Crippen molar-refractivity contribution in [3.63, 3.8) is 0 Å². The van der Waals surface area contributed by atoms with Gasteiger partial charge in [-0.25, -0.2) is 0 Å². The van der Waals surface area contributed by atoms with Crippen LogP contribution in [0.4, 0.5) is 0 Å². The Balaban J connectivity index is 1.94. The summed E-state index contributed by atoms with van der Waals surface area (Å²) >= 11 is 1.98. The Morgan fingerprint density at radius 3 is 3.20 bits per heavy atom. The van der Waals surface area contributed by atoms with E-state index >= 15 is 0 Å². The molecular formula is C12H20O2S. The Labute approximate surface area is 96.1 Å². The summed E-state index contributed by atoms with van der Waals surface area (Å²) in [5, 5.41) is 9.98. The van der Waals surface area contributed by atoms with E-state index in [1.807, 2.05) is 17.8 Å². The van der Waals surface area contributed by atoms with Gasteiger partial charge in [0.1, 0.15) is 0 Å². The molecule has 86 valence electrons. The van der Waals surface area contributed by atoms with Crippen LogP contribution in [0.15, 0.2) is 12.7 Å². The molecule has 2 aliphatic rings. The van der Waals surface area contributed by atoms with Crippen molar-refractivity contribution in [2.45, 2.75) is 37.4 Å². The lowest BCUT2D eigenvalue weighted by atomic mass is 9.81. The van der Waals surface area contributed by atoms with Crippen LogP contribution < -0.4 is 0 Å². The zero-order chi connectivity index (χ0) is 10.7. The van der Waals surface area contributed by atoms with E-state index in [4.69, 9.17) is 4.74 Å². The average molecular weight is 228 g/mol. The standard InChI is InChI=1S/C12H20O2S/c1-2-3-11(13)10-4-6-14-12(8-10)5-7-15-9-12/h2,10-11,13H,1,3-9H2. The fourth-order valence-electron chi connectivity index (χ4n) is 2.62. The van der Waals surface area contributed by atoms with E-state index in [2.05, 4.69) is 6.58 Å². The van der Waals surface area contributed by atoms with Gasteiger partial charge in [-0.15, -0.1) is 6.58 Å². The van der Waals surface area contributed by atoms with Gasteiger partial charge >= 0.3 is 0 Å². The lowest BCUT2D eigenvalue weighted by Gasteiger charge is -2.39. The van der Waals surface area contributed by atoms with Crippen molar-refractivity contribution in [2.24, 2.45) is 5.92 Å². The van der Waals surface area contributed by atoms with Crippen LogP contribution in [0.3, 0.4) is 0 Å². The molecular weight excluding hydrogens is 208 g/mol. The van der Waals surface area contributed by atoms with Gasteiger partial charge in [-0.2, -0.15) is 11.8 Å². The molecule has 0 aromatic carbocycles. The maximum atomic E-state index is 9.98. The molecule has 3 unspecified atom stereocenters. The predicted molar refractivity (Wildman–Crippen MR) is 64.2 cm³/mol. The predicted octanol–water partition coefficient (Wildman–Crippen LogP) is 2.23. The Kier molecular flexibility index (Phi) is 3.75. The van der Waals surface area contributed by atoms with E-state index in [0.717, 1.165) is 31.6 Å². The van der Waals surface area contributed by atoms with Crippen LogP contribution >= 0.6 is 11.8 Å². The third-order valence-corrected chi connectivity index (χ3v) is 4.77. The molecule has 2 heterocycles. The van der Waals surface area contributed by atoms with Gasteiger partial charge < -0.3 is 9.84 Å². The van der Waals surface area contributed by atoms with Crippen molar-refractivity contribution in [3.8, 4) is 0 Å². The third-order valence-electron chi connectivity index (χ3n) is 3.55. The second-order valence-electron chi connectivity index (χ2n) is 4.68. The van der Waals surface area contributed by atoms with Crippen molar-refractivity contribution in [1.29, 1.82) is 0 Å². The maximum Gasteiger partial charge on any atom is 0.0783 e. The Morgan fingerprint density at radius 1 is 1.67 bits per heavy atom. The molecule has 0 bridgehead atoms. The molecule has 0 saturated carbocycles. The molecule has 2 nitrogen and oxygen atoms in total. The van der Waals surface area contributed by atoms with E-state index in [-0.39, 0.29) is 11.7 Å². The second kappa shape index (κ2) is 4.89. The SMILES string of the molecule is C=CCC(O)C1CCOC2(CCSC2)C1. The van der Waals surface area contributed by atoms with Gasteiger partial charge in [0.15, 0.2) is 0 Å². The van der Waals surface area contributed by atoms with Gasteiger partial charge in [0.25, 0.3) is 0 Å². The largest absolute Gasteiger partial charge is 0.393 e. The summed E-state index contributed by atoms with van der Waals surface area (Å²) in [6, 6.07) is 0. The van der Waals surface area contributed by atoms with Gasteiger partial charge in [-0.3, -0.25) is 0 Å². The van der Waals surface area contributed by atoms with E-state index in [9.17, 15) is 5.11 Å². The van der Waals surface area contributed by atoms with Crippen LogP contribution in [0.25, 0.3) is 0 Å². The number of ether oxygens (including phenoxy) is 1. The fraction of sp³-hybridized carbons (Fsp3) is 0.833. The minimum Gasteiger partial charge on any atom is -0.393 e. The summed E-state index contributed by atoms with van der Waals surface area (Å²) in [5.74, 6) is 2.74. The molecule has 2 fully saturated rings. The minimum absolute atomic E-state index is 0.0930. The van der Waals surface area contributed by atoms with Gasteiger partial charge in [0, 0.05) is 12.4 Å². The molecule has 2 saturated heterocycles. The Bertz CT molecular complexity index is 224. The van der Waals surface area contributed by atoms with Crippen molar-refractivity contribution in [3.05, 3.63) is 12.7 Å². The number of rotatable bonds is 3. The first-order chi connectivity index (χ1) is 7.26. The molecule has 0 aromatic heterocycles. The number of hydrogen-bond donors (Lipinski definition) is 1. The van der Waals surface area contributed by atoms with Crippen LogP contribution in [0.5, 0.6) is 0 Å². The van der Waals surface area contributed by atoms with E-state index < -0.39 is 0 Å². The smallest absolute Gasteiger partial charge is 0.0783 e. The highest BCUT2D eigenvalue weighted by atomic mass is 32.2. The number of aliphatic hydroxyl groups is 1. The lowest BCUT2D eigenvalue weighted by Crippen LogP contribution is -2.43. The number of aliphatic hydroxyl groups excluding tert-OH is 1. The van der Waals surface area contributed by atoms with Crippen molar-refractivity contribution in [2.75, 3.05) is 18.1 Å². The molecule has 2 rings (SSSR count). The summed E-state index contributed by atoms with van der Waals surface area (Å²) in [5.41, 5.74) is 0.0930. The Morgan fingerprint density at radius 2 is 2.53 bits per heavy atom. The number of hydrogen-bond acceptors (Lipinski definition) is 3. The van der Waals surface area contributed by atoms with Crippen molar-refractivity contribution in [1.82, 2.24) is 0 Å². The molecule has 0 aromatic rings. The van der Waals surface area contributed by atoms with Gasteiger partial charge in [-0.1, -0.05) is 6.08 Å². The number of thioether (sulfide) groups is 1. The van der Waals surface area contributed by atoms with Crippen LogP contribution in [0.2, 0.25) is 0 Å². The van der Waals surface area contributed by atoms with Crippen LogP contribution in [-0.4, -0.2) is 34.9 Å². The average Bonchev–Trinajstić information content (AvgIpc) is 2.67. The highest BCUT2D eigenvalue weighted by Crippen LogP contribution is 2.41. The fourth-order valence-corrected chi connectivity index (χ4v) is 4.00. The molecule has 15 heavy (non-hydrogen) atoms. The molecule has 1 spiro atoms. The van der Waals surface area contributed by atoms with E-state index in [0.29, 0.717) is 12.3 Å². The van der Waals surface area contributed by atoms with E-state index in [1.54, 1.807) is 0 Å². The minimum atomic E-state index is -0.214. The van der Waals surface area contributed by atoms with Crippen LogP contribution in [-0.2, 0) is 4.74 Å². The van der Waals surface area contributed by atoms with Crippen molar-refractivity contribution < 1.29 is 9.84 Å². The topological polar surface area (TPSA) is 29.5 Å². The molecule has 2 aliphatic heterocycles. The normalized spacial score (nSPS) is 38.1. The Hall–Kier alpha value is 0.0100. The van der Waals surface area contributed by atoms with Crippen LogP contribution in [0.1, 0.15) is 25.7 Å². The monoisotopic (exact) mass is 228 g/mol. The summed E-state index contributed by atoms with van der Waals surface area (Å²) in [6.45, 7) is 4.51. The molecule has 3 atom stereocenters.